The number of anilines is 1. The lowest BCUT2D eigenvalue weighted by Crippen LogP contribution is -2.36. The summed E-state index contributed by atoms with van der Waals surface area (Å²) < 4.78 is 0. The Morgan fingerprint density at radius 3 is 2.50 bits per heavy atom. The van der Waals surface area contributed by atoms with Crippen LogP contribution in [0.2, 0.25) is 0 Å². The van der Waals surface area contributed by atoms with Crippen molar-refractivity contribution in [1.29, 1.82) is 0 Å². The third-order valence-electron chi connectivity index (χ3n) is 5.54. The number of amides is 2. The van der Waals surface area contributed by atoms with Crippen molar-refractivity contribution in [2.75, 3.05) is 11.9 Å². The number of nitrogens with one attached hydrogen (secondary N) is 2. The third-order valence-corrected chi connectivity index (χ3v) is 5.54. The van der Waals surface area contributed by atoms with Gasteiger partial charge in [0.1, 0.15) is 0 Å². The van der Waals surface area contributed by atoms with Crippen molar-refractivity contribution in [3.8, 4) is 0 Å². The second-order valence-corrected chi connectivity index (χ2v) is 7.11. The number of carbonyl (C=O) groups excluding carboxylic acids is 2. The third kappa shape index (κ3) is 3.61. The Balaban J connectivity index is 1.56. The zero-order valence-electron chi connectivity index (χ0n) is 14.1. The van der Waals surface area contributed by atoms with E-state index in [1.165, 1.54) is 19.3 Å². The Labute approximate surface area is 142 Å². The minimum atomic E-state index is -0.227. The Bertz CT molecular complexity index is 595. The number of aliphatic hydroxyl groups is 1. The first kappa shape index (κ1) is 17.0. The van der Waals surface area contributed by atoms with E-state index in [1.807, 2.05) is 6.92 Å². The Kier molecular flexibility index (Phi) is 5.19. The fraction of sp³-hybridized carbons (Fsp3) is 0.579. The van der Waals surface area contributed by atoms with Crippen LogP contribution < -0.4 is 10.6 Å². The SMILES string of the molecule is CC[C@@H](CO)NC(=O)c1ccc(NC(=O)[C@@H]2C[C@H]3CC[C@H]2C3)cc1. The predicted octanol–water partition coefficient (Wildman–Crippen LogP) is 2.56. The molecule has 0 unspecified atom stereocenters. The smallest absolute Gasteiger partial charge is 0.251 e. The van der Waals surface area contributed by atoms with Crippen LogP contribution in [0.25, 0.3) is 0 Å². The van der Waals surface area contributed by atoms with Gasteiger partial charge < -0.3 is 15.7 Å². The summed E-state index contributed by atoms with van der Waals surface area (Å²) in [6.45, 7) is 1.84. The summed E-state index contributed by atoms with van der Waals surface area (Å²) in [7, 11) is 0. The van der Waals surface area contributed by atoms with Gasteiger partial charge in [0.05, 0.1) is 12.6 Å². The number of rotatable bonds is 6. The molecule has 0 radical (unpaired) electrons. The van der Waals surface area contributed by atoms with Crippen LogP contribution in [0, 0.1) is 17.8 Å². The molecule has 0 saturated heterocycles. The molecule has 2 aliphatic carbocycles. The number of fused-ring (bicyclic) bond motifs is 2. The lowest BCUT2D eigenvalue weighted by atomic mass is 9.88. The Morgan fingerprint density at radius 1 is 1.21 bits per heavy atom. The standard InChI is InChI=1S/C19H26N2O3/c1-2-15(11-22)20-18(23)13-5-7-16(8-6-13)21-19(24)17-10-12-3-4-14(17)9-12/h5-8,12,14-15,17,22H,2-4,9-11H2,1H3,(H,20,23)(H,21,24)/t12-,14-,15-,17+/m0/s1. The zero-order chi connectivity index (χ0) is 17.1. The minimum Gasteiger partial charge on any atom is -0.394 e. The van der Waals surface area contributed by atoms with Crippen molar-refractivity contribution >= 4 is 17.5 Å². The fourth-order valence-electron chi connectivity index (χ4n) is 4.05. The van der Waals surface area contributed by atoms with E-state index in [4.69, 9.17) is 5.11 Å². The van der Waals surface area contributed by atoms with Crippen LogP contribution in [-0.4, -0.2) is 29.6 Å². The van der Waals surface area contributed by atoms with Gasteiger partial charge in [-0.15, -0.1) is 0 Å². The van der Waals surface area contributed by atoms with Crippen molar-refractivity contribution in [3.63, 3.8) is 0 Å². The van der Waals surface area contributed by atoms with E-state index in [1.54, 1.807) is 24.3 Å². The highest BCUT2D eigenvalue weighted by molar-refractivity contribution is 5.96. The molecule has 0 aliphatic heterocycles. The van der Waals surface area contributed by atoms with Crippen molar-refractivity contribution in [2.45, 2.75) is 45.1 Å². The van der Waals surface area contributed by atoms with Gasteiger partial charge in [0, 0.05) is 17.2 Å². The van der Waals surface area contributed by atoms with Crippen LogP contribution in [0.1, 0.15) is 49.4 Å². The average molecular weight is 330 g/mol. The maximum Gasteiger partial charge on any atom is 0.251 e. The van der Waals surface area contributed by atoms with Gasteiger partial charge in [-0.05, 0) is 61.8 Å². The van der Waals surface area contributed by atoms with Gasteiger partial charge in [-0.3, -0.25) is 9.59 Å². The molecule has 24 heavy (non-hydrogen) atoms. The van der Waals surface area contributed by atoms with Crippen LogP contribution in [0.15, 0.2) is 24.3 Å². The number of carbonyl (C=O) groups is 2. The summed E-state index contributed by atoms with van der Waals surface area (Å²) in [4.78, 5) is 24.5. The van der Waals surface area contributed by atoms with Crippen LogP contribution in [0.4, 0.5) is 5.69 Å². The van der Waals surface area contributed by atoms with Crippen LogP contribution in [0.3, 0.4) is 0 Å². The fourth-order valence-corrected chi connectivity index (χ4v) is 4.05. The molecule has 2 amide bonds. The van der Waals surface area contributed by atoms with Gasteiger partial charge in [-0.25, -0.2) is 0 Å². The molecule has 1 aromatic rings. The molecule has 2 saturated carbocycles. The molecule has 0 spiro atoms. The molecule has 5 nitrogen and oxygen atoms in total. The van der Waals surface area contributed by atoms with E-state index in [0.717, 1.165) is 18.0 Å². The lowest BCUT2D eigenvalue weighted by Gasteiger charge is -2.20. The summed E-state index contributed by atoms with van der Waals surface area (Å²) in [6.07, 6.45) is 5.38. The molecule has 3 rings (SSSR count). The molecule has 2 aliphatic rings. The molecule has 0 heterocycles. The summed E-state index contributed by atoms with van der Waals surface area (Å²) >= 11 is 0. The first-order valence-corrected chi connectivity index (χ1v) is 8.93. The van der Waals surface area contributed by atoms with Crippen LogP contribution >= 0.6 is 0 Å². The first-order valence-electron chi connectivity index (χ1n) is 8.93. The second-order valence-electron chi connectivity index (χ2n) is 7.11. The lowest BCUT2D eigenvalue weighted by molar-refractivity contribution is -0.121. The molecule has 4 atom stereocenters. The van der Waals surface area contributed by atoms with E-state index in [-0.39, 0.29) is 30.4 Å². The largest absolute Gasteiger partial charge is 0.394 e. The molecule has 5 heteroatoms. The second kappa shape index (κ2) is 7.34. The first-order chi connectivity index (χ1) is 11.6. The van der Waals surface area contributed by atoms with Crippen molar-refractivity contribution in [2.24, 2.45) is 17.8 Å². The van der Waals surface area contributed by atoms with Crippen LogP contribution in [-0.2, 0) is 4.79 Å². The van der Waals surface area contributed by atoms with Crippen LogP contribution in [0.5, 0.6) is 0 Å². The Morgan fingerprint density at radius 2 is 1.96 bits per heavy atom. The molecular formula is C19H26N2O3. The van der Waals surface area contributed by atoms with Gasteiger partial charge >= 0.3 is 0 Å². The van der Waals surface area contributed by atoms with Crippen molar-refractivity contribution in [1.82, 2.24) is 5.32 Å². The summed E-state index contributed by atoms with van der Waals surface area (Å²) in [5.74, 6) is 1.37. The maximum atomic E-state index is 12.4. The minimum absolute atomic E-state index is 0.0695. The summed E-state index contributed by atoms with van der Waals surface area (Å²) in [5, 5.41) is 14.9. The number of aliphatic hydroxyl groups excluding tert-OH is 1. The molecule has 130 valence electrons. The van der Waals surface area contributed by atoms with E-state index in [0.29, 0.717) is 17.9 Å². The summed E-state index contributed by atoms with van der Waals surface area (Å²) in [5.41, 5.74) is 1.26. The highest BCUT2D eigenvalue weighted by Crippen LogP contribution is 2.48. The molecular weight excluding hydrogens is 304 g/mol. The van der Waals surface area contributed by atoms with Gasteiger partial charge in [-0.2, -0.15) is 0 Å². The molecule has 2 bridgehead atoms. The highest BCUT2D eigenvalue weighted by Gasteiger charge is 2.42. The highest BCUT2D eigenvalue weighted by atomic mass is 16.3. The normalized spacial score (nSPS) is 26.2. The quantitative estimate of drug-likeness (QED) is 0.750. The predicted molar refractivity (Wildman–Crippen MR) is 92.6 cm³/mol. The van der Waals surface area contributed by atoms with E-state index in [9.17, 15) is 9.59 Å². The number of hydrogen-bond donors (Lipinski definition) is 3. The van der Waals surface area contributed by atoms with Gasteiger partial charge in [0.25, 0.3) is 5.91 Å². The number of benzene rings is 1. The van der Waals surface area contributed by atoms with Gasteiger partial charge in [0.15, 0.2) is 0 Å². The molecule has 0 aromatic heterocycles. The summed E-state index contributed by atoms with van der Waals surface area (Å²) in [6, 6.07) is 6.71. The maximum absolute atomic E-state index is 12.4. The monoisotopic (exact) mass is 330 g/mol. The van der Waals surface area contributed by atoms with Gasteiger partial charge in [-0.1, -0.05) is 13.3 Å². The molecule has 1 aromatic carbocycles. The van der Waals surface area contributed by atoms with Crippen molar-refractivity contribution in [3.05, 3.63) is 29.8 Å². The van der Waals surface area contributed by atoms with E-state index in [2.05, 4.69) is 10.6 Å². The van der Waals surface area contributed by atoms with Crippen molar-refractivity contribution < 1.29 is 14.7 Å². The Hall–Kier alpha value is -1.88. The average Bonchev–Trinajstić information content (AvgIpc) is 3.23. The molecule has 2 fully saturated rings. The number of hydrogen-bond acceptors (Lipinski definition) is 3. The van der Waals surface area contributed by atoms with E-state index < -0.39 is 0 Å². The zero-order valence-corrected chi connectivity index (χ0v) is 14.1. The van der Waals surface area contributed by atoms with E-state index >= 15 is 0 Å². The topological polar surface area (TPSA) is 78.4 Å². The van der Waals surface area contributed by atoms with Gasteiger partial charge in [0.2, 0.25) is 5.91 Å². The molecule has 3 N–H and O–H groups in total.